The summed E-state index contributed by atoms with van der Waals surface area (Å²) in [5.74, 6) is 0. The Kier molecular flexibility index (Phi) is 3.69. The smallest absolute Gasteiger partial charge is 0.330 e. The van der Waals surface area contributed by atoms with Gasteiger partial charge in [-0.15, -0.1) is 0 Å². The topological polar surface area (TPSA) is 52.8 Å². The van der Waals surface area contributed by atoms with Crippen molar-refractivity contribution < 1.29 is 14.6 Å². The van der Waals surface area contributed by atoms with Crippen molar-refractivity contribution in [2.24, 2.45) is 0 Å². The molecule has 1 unspecified atom stereocenters. The van der Waals surface area contributed by atoms with E-state index in [2.05, 4.69) is 4.67 Å². The van der Waals surface area contributed by atoms with Crippen LogP contribution in [0, 0.1) is 0 Å². The Morgan fingerprint density at radius 2 is 2.27 bits per heavy atom. The third-order valence-electron chi connectivity index (χ3n) is 2.47. The predicted octanol–water partition coefficient (Wildman–Crippen LogP) is 0.0409. The first kappa shape index (κ1) is 10.6. The van der Waals surface area contributed by atoms with Gasteiger partial charge in [-0.25, -0.2) is 0 Å². The van der Waals surface area contributed by atoms with Crippen LogP contribution in [0.2, 0.25) is 0 Å². The van der Waals surface area contributed by atoms with E-state index in [4.69, 9.17) is 14.6 Å². The molecule has 0 bridgehead atoms. The van der Waals surface area contributed by atoms with E-state index in [1.807, 2.05) is 6.08 Å². The lowest BCUT2D eigenvalue weighted by atomic mass is 10.2. The summed E-state index contributed by atoms with van der Waals surface area (Å²) < 4.78 is 15.2. The average molecular weight is 210 g/mol. The highest BCUT2D eigenvalue weighted by Crippen LogP contribution is 2.13. The average Bonchev–Trinajstić information content (AvgIpc) is 2.76. The fraction of sp³-hybridized carbons (Fsp3) is 0.636. The molecule has 2 aliphatic heterocycles. The fourth-order valence-electron chi connectivity index (χ4n) is 1.64. The second-order valence-corrected chi connectivity index (χ2v) is 3.69. The molecule has 0 spiro atoms. The molecule has 0 radical (unpaired) electrons. The van der Waals surface area contributed by atoms with Gasteiger partial charge in [0.2, 0.25) is 0 Å². The number of hydrogen-bond donors (Lipinski definition) is 1. The van der Waals surface area contributed by atoms with Gasteiger partial charge < -0.3 is 14.6 Å². The number of aliphatic hydroxyl groups excluding tert-OH is 1. The Morgan fingerprint density at radius 1 is 1.40 bits per heavy atom. The Labute approximate surface area is 88.9 Å². The molecule has 0 aliphatic carbocycles. The van der Waals surface area contributed by atoms with Crippen molar-refractivity contribution >= 4 is 11.4 Å². The summed E-state index contributed by atoms with van der Waals surface area (Å²) >= 11 is 0. The highest BCUT2D eigenvalue weighted by Gasteiger charge is 2.20. The minimum atomic E-state index is -0.0759. The van der Waals surface area contributed by atoms with E-state index in [-0.39, 0.29) is 12.9 Å². The molecular formula is C11H16NO3+. The normalized spacial score (nSPS) is 25.3. The van der Waals surface area contributed by atoms with E-state index in [0.717, 1.165) is 25.2 Å². The number of ether oxygens (including phenoxy) is 2. The molecule has 0 aromatic heterocycles. The van der Waals surface area contributed by atoms with E-state index in [1.54, 1.807) is 6.08 Å². The molecule has 1 N–H and O–H groups in total. The Bertz CT molecular complexity index is 310. The lowest BCUT2D eigenvalue weighted by Crippen LogP contribution is -2.25. The molecule has 0 aromatic carbocycles. The molecule has 4 heteroatoms. The summed E-state index contributed by atoms with van der Waals surface area (Å²) in [7, 11) is 0. The summed E-state index contributed by atoms with van der Waals surface area (Å²) in [5.41, 5.74) is 1.55. The predicted molar refractivity (Wildman–Crippen MR) is 57.9 cm³/mol. The van der Waals surface area contributed by atoms with E-state index >= 15 is 0 Å². The zero-order chi connectivity index (χ0) is 10.5. The lowest BCUT2D eigenvalue weighted by molar-refractivity contribution is -0.152. The minimum absolute atomic E-state index is 0.0140. The maximum Gasteiger partial charge on any atom is 0.330 e. The lowest BCUT2D eigenvalue weighted by Gasteiger charge is -2.21. The van der Waals surface area contributed by atoms with Gasteiger partial charge in [0.25, 0.3) is 0 Å². The van der Waals surface area contributed by atoms with Gasteiger partial charge in [0.05, 0.1) is 0 Å². The second-order valence-electron chi connectivity index (χ2n) is 3.69. The van der Waals surface area contributed by atoms with Crippen LogP contribution in [0.15, 0.2) is 12.2 Å². The first-order chi connectivity index (χ1) is 7.38. The molecule has 1 saturated heterocycles. The van der Waals surface area contributed by atoms with Crippen LogP contribution < -0.4 is 4.67 Å². The van der Waals surface area contributed by atoms with Crippen molar-refractivity contribution in [3.8, 4) is 0 Å². The van der Waals surface area contributed by atoms with Crippen molar-refractivity contribution in [1.29, 1.82) is 0 Å². The van der Waals surface area contributed by atoms with Gasteiger partial charge in [0.15, 0.2) is 12.9 Å². The number of rotatable bonds is 4. The van der Waals surface area contributed by atoms with Gasteiger partial charge in [-0.05, 0) is 19.3 Å². The van der Waals surface area contributed by atoms with Crippen molar-refractivity contribution in [2.75, 3.05) is 19.8 Å². The van der Waals surface area contributed by atoms with Gasteiger partial charge in [0.1, 0.15) is 6.61 Å². The van der Waals surface area contributed by atoms with Crippen molar-refractivity contribution in [1.82, 2.24) is 4.67 Å². The molecule has 0 saturated carbocycles. The number of nitrogens with zero attached hydrogens (tertiary/aromatic N) is 1. The van der Waals surface area contributed by atoms with Gasteiger partial charge in [-0.1, -0.05) is 4.67 Å². The van der Waals surface area contributed by atoms with Crippen LogP contribution in [0.4, 0.5) is 0 Å². The Morgan fingerprint density at radius 3 is 2.93 bits per heavy atom. The van der Waals surface area contributed by atoms with Crippen LogP contribution in [-0.4, -0.2) is 42.6 Å². The molecule has 82 valence electrons. The van der Waals surface area contributed by atoms with Crippen LogP contribution in [0.1, 0.15) is 19.3 Å². The van der Waals surface area contributed by atoms with Gasteiger partial charge in [0, 0.05) is 18.8 Å². The van der Waals surface area contributed by atoms with Gasteiger partial charge in [-0.3, -0.25) is 0 Å². The highest BCUT2D eigenvalue weighted by atomic mass is 16.7. The van der Waals surface area contributed by atoms with Crippen LogP contribution in [0.3, 0.4) is 0 Å². The molecule has 1 atom stereocenters. The fourth-order valence-corrected chi connectivity index (χ4v) is 1.64. The van der Waals surface area contributed by atoms with E-state index < -0.39 is 0 Å². The first-order valence-electron chi connectivity index (χ1n) is 5.34. The third kappa shape index (κ3) is 3.01. The second kappa shape index (κ2) is 5.24. The molecule has 1 fully saturated rings. The quantitative estimate of drug-likeness (QED) is 0.667. The van der Waals surface area contributed by atoms with Crippen molar-refractivity contribution in [3.63, 3.8) is 0 Å². The Balaban J connectivity index is 1.78. The molecule has 2 aliphatic rings. The molecule has 0 amide bonds. The summed E-state index contributed by atoms with van der Waals surface area (Å²) in [6.45, 7) is 1.24. The SMILES string of the molecule is OCC1=[N+]=C(COC2CCCCO2)C=C1. The molecule has 4 nitrogen and oxygen atoms in total. The summed E-state index contributed by atoms with van der Waals surface area (Å²) in [6.07, 6.45) is 6.86. The molecular weight excluding hydrogens is 194 g/mol. The summed E-state index contributed by atoms with van der Waals surface area (Å²) in [5, 5.41) is 8.84. The largest absolute Gasteiger partial charge is 0.384 e. The first-order valence-corrected chi connectivity index (χ1v) is 5.34. The van der Waals surface area contributed by atoms with Gasteiger partial charge >= 0.3 is 11.4 Å². The Hall–Kier alpha value is -0.930. The van der Waals surface area contributed by atoms with Crippen LogP contribution >= 0.6 is 0 Å². The maximum atomic E-state index is 8.84. The van der Waals surface area contributed by atoms with Crippen molar-refractivity contribution in [2.45, 2.75) is 25.6 Å². The monoisotopic (exact) mass is 210 g/mol. The van der Waals surface area contributed by atoms with Crippen LogP contribution in [0.25, 0.3) is 0 Å². The van der Waals surface area contributed by atoms with E-state index in [9.17, 15) is 0 Å². The molecule has 2 rings (SSSR count). The highest BCUT2D eigenvalue weighted by molar-refractivity contribution is 6.11. The molecule has 0 aromatic rings. The number of hydrogen-bond acceptors (Lipinski definition) is 3. The summed E-state index contributed by atoms with van der Waals surface area (Å²) in [6, 6.07) is 0. The van der Waals surface area contributed by atoms with E-state index in [1.165, 1.54) is 6.42 Å². The van der Waals surface area contributed by atoms with Crippen molar-refractivity contribution in [3.05, 3.63) is 12.2 Å². The van der Waals surface area contributed by atoms with E-state index in [0.29, 0.717) is 12.3 Å². The zero-order valence-corrected chi connectivity index (χ0v) is 8.69. The standard InChI is InChI=1S/C11H16NO3/c13-7-9-4-5-10(12-9)8-15-11-3-1-2-6-14-11/h4-5,11,13H,1-3,6-8H2/q+1. The molecule has 15 heavy (non-hydrogen) atoms. The number of aliphatic hydroxyl groups is 1. The maximum absolute atomic E-state index is 8.84. The van der Waals surface area contributed by atoms with Crippen LogP contribution in [0.5, 0.6) is 0 Å². The third-order valence-corrected chi connectivity index (χ3v) is 2.47. The van der Waals surface area contributed by atoms with Crippen LogP contribution in [-0.2, 0) is 9.47 Å². The zero-order valence-electron chi connectivity index (χ0n) is 8.69. The van der Waals surface area contributed by atoms with Gasteiger partial charge in [-0.2, -0.15) is 0 Å². The summed E-state index contributed by atoms with van der Waals surface area (Å²) in [4.78, 5) is 0. The minimum Gasteiger partial charge on any atom is -0.384 e. The molecule has 2 heterocycles.